The van der Waals surface area contributed by atoms with Gasteiger partial charge >= 0.3 is 0 Å². The van der Waals surface area contributed by atoms with Crippen molar-refractivity contribution >= 4 is 33.2 Å². The Bertz CT molecular complexity index is 1030. The van der Waals surface area contributed by atoms with Gasteiger partial charge < -0.3 is 10.1 Å². The summed E-state index contributed by atoms with van der Waals surface area (Å²) in [5.41, 5.74) is 0.233. The van der Waals surface area contributed by atoms with E-state index in [1.165, 1.54) is 31.7 Å². The Morgan fingerprint density at radius 1 is 1.17 bits per heavy atom. The standard InChI is InChI=1S/C22H25ClN2O4S/c1-29-21-10-9-17(23)13-20(21)25(30(27,28)18-5-3-2-4-6-18)14-22(26)24-19-12-15-7-8-16(19)11-15/h2-6,9-10,13,15-16,19H,7-8,11-12,14H2,1H3,(H,24,26)/t15-,16+,19+/m1/s1. The van der Waals surface area contributed by atoms with Crippen molar-refractivity contribution in [2.75, 3.05) is 18.0 Å². The van der Waals surface area contributed by atoms with Crippen molar-refractivity contribution in [1.82, 2.24) is 5.32 Å². The topological polar surface area (TPSA) is 75.7 Å². The van der Waals surface area contributed by atoms with Crippen molar-refractivity contribution in [3.8, 4) is 5.75 Å². The first kappa shape index (κ1) is 21.0. The third-order valence-corrected chi connectivity index (χ3v) is 8.12. The van der Waals surface area contributed by atoms with Crippen LogP contribution >= 0.6 is 11.6 Å². The lowest BCUT2D eigenvalue weighted by atomic mass is 9.95. The second kappa shape index (κ2) is 8.47. The Kier molecular flexibility index (Phi) is 5.93. The minimum Gasteiger partial charge on any atom is -0.495 e. The third kappa shape index (κ3) is 4.14. The number of carbonyl (C=O) groups excluding carboxylic acids is 1. The molecule has 160 valence electrons. The van der Waals surface area contributed by atoms with E-state index in [2.05, 4.69) is 5.32 Å². The van der Waals surface area contributed by atoms with Gasteiger partial charge in [-0.1, -0.05) is 36.2 Å². The zero-order valence-corrected chi connectivity index (χ0v) is 18.3. The van der Waals surface area contributed by atoms with Gasteiger partial charge in [-0.3, -0.25) is 9.10 Å². The predicted molar refractivity (Wildman–Crippen MR) is 116 cm³/mol. The molecule has 0 saturated heterocycles. The highest BCUT2D eigenvalue weighted by atomic mass is 35.5. The lowest BCUT2D eigenvalue weighted by Gasteiger charge is -2.28. The normalized spacial score (nSPS) is 22.7. The minimum absolute atomic E-state index is 0.0970. The van der Waals surface area contributed by atoms with Crippen LogP contribution in [0.3, 0.4) is 0 Å². The predicted octanol–water partition coefficient (Wildman–Crippen LogP) is 3.85. The fourth-order valence-corrected chi connectivity index (χ4v) is 6.29. The van der Waals surface area contributed by atoms with Crippen LogP contribution in [0, 0.1) is 11.8 Å². The van der Waals surface area contributed by atoms with E-state index in [0.717, 1.165) is 23.6 Å². The van der Waals surface area contributed by atoms with Crippen LogP contribution < -0.4 is 14.4 Å². The molecule has 3 atom stereocenters. The van der Waals surface area contributed by atoms with Gasteiger partial charge in [0.2, 0.25) is 5.91 Å². The van der Waals surface area contributed by atoms with E-state index in [-0.39, 0.29) is 29.1 Å². The second-order valence-electron chi connectivity index (χ2n) is 7.99. The average molecular weight is 449 g/mol. The molecule has 4 rings (SSSR count). The van der Waals surface area contributed by atoms with Crippen LogP contribution in [0.4, 0.5) is 5.69 Å². The molecule has 2 aromatic carbocycles. The summed E-state index contributed by atoms with van der Waals surface area (Å²) in [4.78, 5) is 13.0. The maximum Gasteiger partial charge on any atom is 0.264 e. The number of hydrogen-bond donors (Lipinski definition) is 1. The van der Waals surface area contributed by atoms with E-state index < -0.39 is 10.0 Å². The Hall–Kier alpha value is -2.25. The Labute approximate surface area is 182 Å². The van der Waals surface area contributed by atoms with Crippen LogP contribution in [0.5, 0.6) is 5.75 Å². The van der Waals surface area contributed by atoms with E-state index in [9.17, 15) is 13.2 Å². The monoisotopic (exact) mass is 448 g/mol. The summed E-state index contributed by atoms with van der Waals surface area (Å²) >= 11 is 6.15. The molecule has 6 nitrogen and oxygen atoms in total. The van der Waals surface area contributed by atoms with E-state index in [4.69, 9.17) is 16.3 Å². The molecule has 2 aliphatic rings. The molecule has 0 spiro atoms. The molecule has 1 N–H and O–H groups in total. The van der Waals surface area contributed by atoms with Crippen LogP contribution in [0.2, 0.25) is 5.02 Å². The third-order valence-electron chi connectivity index (χ3n) is 6.11. The summed E-state index contributed by atoms with van der Waals surface area (Å²) in [6.07, 6.45) is 4.48. The van der Waals surface area contributed by atoms with Crippen molar-refractivity contribution in [2.24, 2.45) is 11.8 Å². The maximum atomic E-state index is 13.5. The summed E-state index contributed by atoms with van der Waals surface area (Å²) in [5, 5.41) is 3.42. The number of methoxy groups -OCH3 is 1. The van der Waals surface area contributed by atoms with Crippen molar-refractivity contribution in [2.45, 2.75) is 36.6 Å². The number of sulfonamides is 1. The molecular formula is C22H25ClN2O4S. The number of carbonyl (C=O) groups is 1. The number of benzene rings is 2. The Morgan fingerprint density at radius 2 is 1.93 bits per heavy atom. The number of amides is 1. The van der Waals surface area contributed by atoms with E-state index in [0.29, 0.717) is 22.6 Å². The van der Waals surface area contributed by atoms with Crippen LogP contribution in [0.25, 0.3) is 0 Å². The highest BCUT2D eigenvalue weighted by molar-refractivity contribution is 7.92. The minimum atomic E-state index is -4.01. The molecule has 2 aromatic rings. The summed E-state index contributed by atoms with van der Waals surface area (Å²) in [6, 6.07) is 12.9. The second-order valence-corrected chi connectivity index (χ2v) is 10.3. The summed E-state index contributed by atoms with van der Waals surface area (Å²) in [6.45, 7) is -0.345. The van der Waals surface area contributed by atoms with Gasteiger partial charge in [0.05, 0.1) is 17.7 Å². The van der Waals surface area contributed by atoms with Gasteiger partial charge in [-0.05, 0) is 61.4 Å². The number of nitrogens with one attached hydrogen (secondary N) is 1. The van der Waals surface area contributed by atoms with Gasteiger partial charge in [-0.25, -0.2) is 8.42 Å². The number of fused-ring (bicyclic) bond motifs is 2. The number of nitrogens with zero attached hydrogens (tertiary/aromatic N) is 1. The highest BCUT2D eigenvalue weighted by Crippen LogP contribution is 2.44. The van der Waals surface area contributed by atoms with Gasteiger partial charge in [0.15, 0.2) is 0 Å². The summed E-state index contributed by atoms with van der Waals surface area (Å²) < 4.78 is 33.4. The van der Waals surface area contributed by atoms with Gasteiger partial charge in [0, 0.05) is 11.1 Å². The molecule has 30 heavy (non-hydrogen) atoms. The van der Waals surface area contributed by atoms with Crippen LogP contribution in [0.15, 0.2) is 53.4 Å². The van der Waals surface area contributed by atoms with E-state index in [1.807, 2.05) is 0 Å². The first-order valence-corrected chi connectivity index (χ1v) is 11.9. The molecular weight excluding hydrogens is 424 g/mol. The smallest absolute Gasteiger partial charge is 0.264 e. The SMILES string of the molecule is COc1ccc(Cl)cc1N(CC(=O)N[C@H]1C[C@@H]2CC[C@H]1C2)S(=O)(=O)c1ccccc1. The zero-order chi connectivity index (χ0) is 21.3. The molecule has 8 heteroatoms. The van der Waals surface area contributed by atoms with E-state index in [1.54, 1.807) is 30.3 Å². The molecule has 0 aromatic heterocycles. The zero-order valence-electron chi connectivity index (χ0n) is 16.8. The van der Waals surface area contributed by atoms with Crippen LogP contribution in [0.1, 0.15) is 25.7 Å². The maximum absolute atomic E-state index is 13.5. The molecule has 0 radical (unpaired) electrons. The first-order chi connectivity index (χ1) is 14.4. The van der Waals surface area contributed by atoms with Crippen molar-refractivity contribution in [3.05, 3.63) is 53.6 Å². The fraction of sp³-hybridized carbons (Fsp3) is 0.409. The lowest BCUT2D eigenvalue weighted by Crippen LogP contribution is -2.46. The highest BCUT2D eigenvalue weighted by Gasteiger charge is 2.40. The number of rotatable bonds is 7. The summed E-state index contributed by atoms with van der Waals surface area (Å²) in [7, 11) is -2.55. The van der Waals surface area contributed by atoms with Gasteiger partial charge in [-0.15, -0.1) is 0 Å². The van der Waals surface area contributed by atoms with Crippen LogP contribution in [-0.2, 0) is 14.8 Å². The molecule has 2 fully saturated rings. The van der Waals surface area contributed by atoms with Crippen LogP contribution in [-0.4, -0.2) is 34.0 Å². The molecule has 2 saturated carbocycles. The number of halogens is 1. The molecule has 2 aliphatic carbocycles. The quantitative estimate of drug-likeness (QED) is 0.698. The molecule has 0 aliphatic heterocycles. The van der Waals surface area contributed by atoms with E-state index >= 15 is 0 Å². The number of anilines is 1. The van der Waals surface area contributed by atoms with Gasteiger partial charge in [0.25, 0.3) is 10.0 Å². The average Bonchev–Trinajstić information content (AvgIpc) is 3.36. The first-order valence-electron chi connectivity index (χ1n) is 10.1. The molecule has 2 bridgehead atoms. The molecule has 1 amide bonds. The Morgan fingerprint density at radius 3 is 2.57 bits per heavy atom. The van der Waals surface area contributed by atoms with Gasteiger partial charge in [0.1, 0.15) is 12.3 Å². The molecule has 0 heterocycles. The number of ether oxygens (including phenoxy) is 1. The fourth-order valence-electron chi connectivity index (χ4n) is 4.68. The number of hydrogen-bond acceptors (Lipinski definition) is 4. The summed E-state index contributed by atoms with van der Waals surface area (Å²) in [5.74, 6) is 1.18. The molecule has 0 unspecified atom stereocenters. The lowest BCUT2D eigenvalue weighted by molar-refractivity contribution is -0.120. The van der Waals surface area contributed by atoms with Crippen molar-refractivity contribution in [3.63, 3.8) is 0 Å². The Balaban J connectivity index is 1.65. The van der Waals surface area contributed by atoms with Crippen molar-refractivity contribution in [1.29, 1.82) is 0 Å². The largest absolute Gasteiger partial charge is 0.495 e. The van der Waals surface area contributed by atoms with Gasteiger partial charge in [-0.2, -0.15) is 0 Å². The van der Waals surface area contributed by atoms with Crippen molar-refractivity contribution < 1.29 is 17.9 Å².